The van der Waals surface area contributed by atoms with E-state index in [1.807, 2.05) is 38.1 Å². The summed E-state index contributed by atoms with van der Waals surface area (Å²) in [4.78, 5) is 13.5. The Kier molecular flexibility index (Phi) is 7.35. The Morgan fingerprint density at radius 3 is 2.88 bits per heavy atom. The summed E-state index contributed by atoms with van der Waals surface area (Å²) in [5.41, 5.74) is 2.74. The van der Waals surface area contributed by atoms with E-state index in [1.165, 1.54) is 6.42 Å². The molecule has 1 saturated heterocycles. The minimum atomic E-state index is -0.00874. The smallest absolute Gasteiger partial charge is 0.252 e. The van der Waals surface area contributed by atoms with Gasteiger partial charge in [0.05, 0.1) is 11.3 Å². The van der Waals surface area contributed by atoms with Crippen LogP contribution in [0.4, 0.5) is 0 Å². The zero-order chi connectivity index (χ0) is 16.9. The largest absolute Gasteiger partial charge is 0.361 e. The van der Waals surface area contributed by atoms with Crippen LogP contribution in [0.1, 0.15) is 40.2 Å². The number of aromatic nitrogens is 1. The van der Waals surface area contributed by atoms with Gasteiger partial charge in [0.15, 0.2) is 0 Å². The molecule has 0 bridgehead atoms. The highest BCUT2D eigenvalue weighted by atomic mass is 35.5. The molecule has 5 nitrogen and oxygen atoms in total. The van der Waals surface area contributed by atoms with Gasteiger partial charge in [-0.25, -0.2) is 0 Å². The minimum Gasteiger partial charge on any atom is -0.361 e. The summed E-state index contributed by atoms with van der Waals surface area (Å²) < 4.78 is 5.21. The molecule has 1 fully saturated rings. The fraction of sp³-hybridized carbons (Fsp3) is 0.444. The standard InChI is InChI=1S/C18H23N3O2S.ClH/c1-12-16(13(2)23-21-12)11-24-17-8-4-3-7-15(17)18(22)20-10-14-6-5-9-19-14;/h3-4,7-8,14,19H,5-6,9-11H2,1-2H3,(H,20,22);1H. The van der Waals surface area contributed by atoms with E-state index < -0.39 is 0 Å². The molecule has 0 spiro atoms. The first-order valence-electron chi connectivity index (χ1n) is 8.30. The average Bonchev–Trinajstić information content (AvgIpc) is 3.22. The molecule has 136 valence electrons. The molecule has 2 aromatic rings. The van der Waals surface area contributed by atoms with Crippen molar-refractivity contribution in [2.24, 2.45) is 0 Å². The molecular weight excluding hydrogens is 358 g/mol. The minimum absolute atomic E-state index is 0. The van der Waals surface area contributed by atoms with Crippen molar-refractivity contribution in [1.82, 2.24) is 15.8 Å². The SMILES string of the molecule is Cc1noc(C)c1CSc1ccccc1C(=O)NCC1CCCN1.Cl. The van der Waals surface area contributed by atoms with Crippen molar-refractivity contribution in [2.45, 2.75) is 43.4 Å². The van der Waals surface area contributed by atoms with Gasteiger partial charge < -0.3 is 15.2 Å². The summed E-state index contributed by atoms with van der Waals surface area (Å²) >= 11 is 1.64. The molecule has 1 aliphatic heterocycles. The normalized spacial score (nSPS) is 16.5. The maximum absolute atomic E-state index is 12.5. The predicted molar refractivity (Wildman–Crippen MR) is 103 cm³/mol. The van der Waals surface area contributed by atoms with Gasteiger partial charge in [0.2, 0.25) is 0 Å². The lowest BCUT2D eigenvalue weighted by molar-refractivity contribution is 0.0947. The summed E-state index contributed by atoms with van der Waals surface area (Å²) in [6.45, 7) is 5.59. The number of nitrogens with one attached hydrogen (secondary N) is 2. The summed E-state index contributed by atoms with van der Waals surface area (Å²) in [5.74, 6) is 1.58. The van der Waals surface area contributed by atoms with Crippen molar-refractivity contribution in [3.05, 3.63) is 46.8 Å². The Labute approximate surface area is 158 Å². The van der Waals surface area contributed by atoms with Crippen LogP contribution in [-0.4, -0.2) is 30.2 Å². The maximum Gasteiger partial charge on any atom is 0.252 e. The van der Waals surface area contributed by atoms with Crippen molar-refractivity contribution in [3.63, 3.8) is 0 Å². The van der Waals surface area contributed by atoms with E-state index in [9.17, 15) is 4.79 Å². The van der Waals surface area contributed by atoms with E-state index in [1.54, 1.807) is 11.8 Å². The lowest BCUT2D eigenvalue weighted by atomic mass is 10.2. The third-order valence-corrected chi connectivity index (χ3v) is 5.46. The number of thioether (sulfide) groups is 1. The van der Waals surface area contributed by atoms with Gasteiger partial charge in [-0.3, -0.25) is 4.79 Å². The van der Waals surface area contributed by atoms with Gasteiger partial charge >= 0.3 is 0 Å². The number of carbonyl (C=O) groups is 1. The van der Waals surface area contributed by atoms with Crippen LogP contribution in [0.25, 0.3) is 0 Å². The molecule has 1 atom stereocenters. The summed E-state index contributed by atoms with van der Waals surface area (Å²) in [6.07, 6.45) is 2.31. The van der Waals surface area contributed by atoms with E-state index in [0.717, 1.165) is 46.2 Å². The number of halogens is 1. The molecule has 1 unspecified atom stereocenters. The van der Waals surface area contributed by atoms with E-state index >= 15 is 0 Å². The number of aryl methyl sites for hydroxylation is 2. The zero-order valence-corrected chi connectivity index (χ0v) is 16.1. The van der Waals surface area contributed by atoms with E-state index in [-0.39, 0.29) is 18.3 Å². The highest BCUT2D eigenvalue weighted by molar-refractivity contribution is 7.98. The van der Waals surface area contributed by atoms with Crippen molar-refractivity contribution >= 4 is 30.1 Å². The van der Waals surface area contributed by atoms with Gasteiger partial charge in [-0.1, -0.05) is 17.3 Å². The molecule has 2 heterocycles. The fourth-order valence-electron chi connectivity index (χ4n) is 2.88. The van der Waals surface area contributed by atoms with Gasteiger partial charge in [-0.15, -0.1) is 24.2 Å². The molecule has 1 aromatic heterocycles. The molecular formula is C18H24ClN3O2S. The second-order valence-corrected chi connectivity index (χ2v) is 7.11. The monoisotopic (exact) mass is 381 g/mol. The molecule has 0 aliphatic carbocycles. The summed E-state index contributed by atoms with van der Waals surface area (Å²) in [6, 6.07) is 8.14. The van der Waals surface area contributed by atoms with Gasteiger partial charge in [-0.05, 0) is 45.4 Å². The Balaban J connectivity index is 0.00000225. The molecule has 1 amide bonds. The van der Waals surface area contributed by atoms with Crippen molar-refractivity contribution < 1.29 is 9.32 Å². The van der Waals surface area contributed by atoms with Crippen LogP contribution in [0.15, 0.2) is 33.7 Å². The van der Waals surface area contributed by atoms with E-state index in [2.05, 4.69) is 15.8 Å². The molecule has 1 aromatic carbocycles. The lowest BCUT2D eigenvalue weighted by Crippen LogP contribution is -2.37. The van der Waals surface area contributed by atoms with Gasteiger partial charge in [0, 0.05) is 28.8 Å². The summed E-state index contributed by atoms with van der Waals surface area (Å²) in [5, 5.41) is 10.4. The Hall–Kier alpha value is -1.50. The number of hydrogen-bond donors (Lipinski definition) is 2. The van der Waals surface area contributed by atoms with Crippen LogP contribution in [0.2, 0.25) is 0 Å². The summed E-state index contributed by atoms with van der Waals surface area (Å²) in [7, 11) is 0. The van der Waals surface area contributed by atoms with Crippen LogP contribution in [0, 0.1) is 13.8 Å². The van der Waals surface area contributed by atoms with Gasteiger partial charge in [-0.2, -0.15) is 0 Å². The third kappa shape index (κ3) is 5.00. The van der Waals surface area contributed by atoms with Crippen LogP contribution in [0.5, 0.6) is 0 Å². The first kappa shape index (κ1) is 19.8. The third-order valence-electron chi connectivity index (χ3n) is 4.36. The van der Waals surface area contributed by atoms with E-state index in [4.69, 9.17) is 4.52 Å². The second kappa shape index (κ2) is 9.27. The van der Waals surface area contributed by atoms with Crippen molar-refractivity contribution in [2.75, 3.05) is 13.1 Å². The molecule has 7 heteroatoms. The average molecular weight is 382 g/mol. The number of amides is 1. The fourth-order valence-corrected chi connectivity index (χ4v) is 4.08. The lowest BCUT2D eigenvalue weighted by Gasteiger charge is -2.13. The molecule has 0 radical (unpaired) electrons. The van der Waals surface area contributed by atoms with Crippen LogP contribution >= 0.6 is 24.2 Å². The van der Waals surface area contributed by atoms with E-state index in [0.29, 0.717) is 12.6 Å². The van der Waals surface area contributed by atoms with Gasteiger partial charge in [0.25, 0.3) is 5.91 Å². The van der Waals surface area contributed by atoms with Crippen LogP contribution < -0.4 is 10.6 Å². The number of rotatable bonds is 6. The second-order valence-electron chi connectivity index (χ2n) is 6.09. The Bertz CT molecular complexity index is 695. The number of benzene rings is 1. The zero-order valence-electron chi connectivity index (χ0n) is 14.5. The molecule has 2 N–H and O–H groups in total. The molecule has 1 aliphatic rings. The number of carbonyl (C=O) groups excluding carboxylic acids is 1. The van der Waals surface area contributed by atoms with Crippen LogP contribution in [-0.2, 0) is 5.75 Å². The maximum atomic E-state index is 12.5. The number of hydrogen-bond acceptors (Lipinski definition) is 5. The number of nitrogens with zero attached hydrogens (tertiary/aromatic N) is 1. The predicted octanol–water partition coefficient (Wildman–Crippen LogP) is 3.49. The Morgan fingerprint density at radius 2 is 2.20 bits per heavy atom. The first-order chi connectivity index (χ1) is 11.6. The topological polar surface area (TPSA) is 67.2 Å². The van der Waals surface area contributed by atoms with Crippen molar-refractivity contribution in [3.8, 4) is 0 Å². The quantitative estimate of drug-likeness (QED) is 0.750. The molecule has 25 heavy (non-hydrogen) atoms. The van der Waals surface area contributed by atoms with Crippen LogP contribution in [0.3, 0.4) is 0 Å². The highest BCUT2D eigenvalue weighted by Gasteiger charge is 2.17. The molecule has 3 rings (SSSR count). The first-order valence-corrected chi connectivity index (χ1v) is 9.29. The Morgan fingerprint density at radius 1 is 1.40 bits per heavy atom. The molecule has 0 saturated carbocycles. The van der Waals surface area contributed by atoms with Gasteiger partial charge in [0.1, 0.15) is 5.76 Å². The van der Waals surface area contributed by atoms with Crippen molar-refractivity contribution in [1.29, 1.82) is 0 Å². The highest BCUT2D eigenvalue weighted by Crippen LogP contribution is 2.28.